The Kier molecular flexibility index (Phi) is 6.34. The van der Waals surface area contributed by atoms with E-state index in [0.29, 0.717) is 28.0 Å². The number of carbonyl (C=O) groups excluding carboxylic acids is 1. The second-order valence-electron chi connectivity index (χ2n) is 6.99. The minimum atomic E-state index is -3.05. The Morgan fingerprint density at radius 3 is 2.75 bits per heavy atom. The van der Waals surface area contributed by atoms with Crippen molar-refractivity contribution in [3.05, 3.63) is 45.6 Å². The van der Waals surface area contributed by atoms with Gasteiger partial charge in [-0.05, 0) is 38.0 Å². The number of carbonyl (C=O) groups is 1. The third-order valence-electron chi connectivity index (χ3n) is 4.68. The van der Waals surface area contributed by atoms with Gasteiger partial charge in [0, 0.05) is 22.2 Å². The number of anilines is 1. The topological polar surface area (TPSA) is 93.1 Å². The molecular formula is C18H22Cl2N4O3S. The summed E-state index contributed by atoms with van der Waals surface area (Å²) in [5, 5.41) is 11.4. The van der Waals surface area contributed by atoms with Crippen molar-refractivity contribution in [3.63, 3.8) is 0 Å². The van der Waals surface area contributed by atoms with E-state index in [1.54, 1.807) is 29.8 Å². The molecule has 1 saturated heterocycles. The molecule has 2 N–H and O–H groups in total. The highest BCUT2D eigenvalue weighted by Gasteiger charge is 2.31. The fourth-order valence-electron chi connectivity index (χ4n) is 3.25. The molecule has 1 aliphatic heterocycles. The van der Waals surface area contributed by atoms with Crippen LogP contribution in [0, 0.1) is 6.92 Å². The fourth-order valence-corrected chi connectivity index (χ4v) is 5.52. The van der Waals surface area contributed by atoms with Crippen LogP contribution in [0.25, 0.3) is 0 Å². The largest absolute Gasteiger partial charge is 0.310 e. The van der Waals surface area contributed by atoms with Crippen LogP contribution < -0.4 is 10.6 Å². The number of benzene rings is 1. The molecule has 28 heavy (non-hydrogen) atoms. The molecule has 1 aromatic heterocycles. The van der Waals surface area contributed by atoms with Gasteiger partial charge in [-0.1, -0.05) is 29.3 Å². The molecule has 3 rings (SSSR count). The number of aromatic nitrogens is 2. The number of nitrogens with one attached hydrogen (secondary N) is 2. The smallest absolute Gasteiger partial charge is 0.239 e. The normalized spacial score (nSPS) is 19.5. The van der Waals surface area contributed by atoms with Crippen molar-refractivity contribution < 1.29 is 13.2 Å². The first-order chi connectivity index (χ1) is 13.1. The van der Waals surface area contributed by atoms with Crippen molar-refractivity contribution >= 4 is 44.8 Å². The van der Waals surface area contributed by atoms with Gasteiger partial charge < -0.3 is 10.6 Å². The number of amides is 1. The van der Waals surface area contributed by atoms with Gasteiger partial charge in [-0.25, -0.2) is 13.1 Å². The second-order valence-corrected chi connectivity index (χ2v) is 10.1. The molecule has 0 saturated carbocycles. The average molecular weight is 445 g/mol. The van der Waals surface area contributed by atoms with Crippen LogP contribution in [-0.4, -0.2) is 42.2 Å². The molecule has 2 heterocycles. The summed E-state index contributed by atoms with van der Waals surface area (Å²) in [6, 6.07) is 6.56. The van der Waals surface area contributed by atoms with Crippen LogP contribution in [0.5, 0.6) is 0 Å². The lowest BCUT2D eigenvalue weighted by atomic mass is 10.1. The third kappa shape index (κ3) is 5.05. The Balaban J connectivity index is 1.62. The molecule has 2 aromatic rings. The molecule has 0 unspecified atom stereocenters. The van der Waals surface area contributed by atoms with E-state index in [0.717, 1.165) is 5.56 Å². The molecule has 1 fully saturated rings. The van der Waals surface area contributed by atoms with E-state index >= 15 is 0 Å². The standard InChI is InChI=1S/C18H22Cl2N4O3S/c1-11-7-17(24(23-11)14-5-6-28(26,27)10-14)22-18(25)9-21-12(2)15-4-3-13(19)8-16(15)20/h3-4,7-8,12,14,21H,5-6,9-10H2,1-2H3,(H,22,25)/t12-,14-/m1/s1. The average Bonchev–Trinajstić information content (AvgIpc) is 3.14. The van der Waals surface area contributed by atoms with E-state index in [9.17, 15) is 13.2 Å². The van der Waals surface area contributed by atoms with Crippen molar-refractivity contribution in [2.45, 2.75) is 32.4 Å². The summed E-state index contributed by atoms with van der Waals surface area (Å²) in [7, 11) is -3.05. The summed E-state index contributed by atoms with van der Waals surface area (Å²) in [6.45, 7) is 3.77. The maximum absolute atomic E-state index is 12.4. The van der Waals surface area contributed by atoms with E-state index in [1.807, 2.05) is 13.0 Å². The predicted octanol–water partition coefficient (Wildman–Crippen LogP) is 3.15. The molecule has 1 aromatic carbocycles. The summed E-state index contributed by atoms with van der Waals surface area (Å²) < 4.78 is 25.1. The Bertz CT molecular complexity index is 991. The Morgan fingerprint density at radius 2 is 2.11 bits per heavy atom. The molecule has 1 aliphatic rings. The van der Waals surface area contributed by atoms with Crippen molar-refractivity contribution in [2.75, 3.05) is 23.4 Å². The lowest BCUT2D eigenvalue weighted by molar-refractivity contribution is -0.115. The first-order valence-electron chi connectivity index (χ1n) is 8.89. The Hall–Kier alpha value is -1.61. The first-order valence-corrected chi connectivity index (χ1v) is 11.5. The number of rotatable bonds is 6. The van der Waals surface area contributed by atoms with Crippen molar-refractivity contribution in [1.82, 2.24) is 15.1 Å². The summed E-state index contributed by atoms with van der Waals surface area (Å²) in [6.07, 6.45) is 0.497. The minimum Gasteiger partial charge on any atom is -0.310 e. The van der Waals surface area contributed by atoms with Gasteiger partial charge >= 0.3 is 0 Å². The number of sulfone groups is 1. The number of hydrogen-bond donors (Lipinski definition) is 2. The minimum absolute atomic E-state index is 0.0430. The number of aryl methyl sites for hydroxylation is 1. The Labute approximate surface area is 174 Å². The fraction of sp³-hybridized carbons (Fsp3) is 0.444. The lowest BCUT2D eigenvalue weighted by Crippen LogP contribution is -2.31. The maximum Gasteiger partial charge on any atom is 0.239 e. The zero-order chi connectivity index (χ0) is 20.5. The molecule has 0 aliphatic carbocycles. The van der Waals surface area contributed by atoms with Crippen LogP contribution in [0.2, 0.25) is 10.0 Å². The first kappa shape index (κ1) is 21.1. The third-order valence-corrected chi connectivity index (χ3v) is 6.99. The van der Waals surface area contributed by atoms with Gasteiger partial charge in [0.2, 0.25) is 5.91 Å². The molecule has 1 amide bonds. The van der Waals surface area contributed by atoms with E-state index < -0.39 is 9.84 Å². The summed E-state index contributed by atoms with van der Waals surface area (Å²) in [5.41, 5.74) is 1.56. The zero-order valence-electron chi connectivity index (χ0n) is 15.6. The highest BCUT2D eigenvalue weighted by Crippen LogP contribution is 2.28. The number of halogens is 2. The van der Waals surface area contributed by atoms with Gasteiger partial charge in [-0.2, -0.15) is 5.10 Å². The van der Waals surface area contributed by atoms with Crippen LogP contribution in [0.3, 0.4) is 0 Å². The SMILES string of the molecule is Cc1cc(NC(=O)CN[C@H](C)c2ccc(Cl)cc2Cl)n([C@@H]2CCS(=O)(=O)C2)n1. The van der Waals surface area contributed by atoms with E-state index in [1.165, 1.54) is 0 Å². The second kappa shape index (κ2) is 8.41. The highest BCUT2D eigenvalue weighted by atomic mass is 35.5. The number of hydrogen-bond acceptors (Lipinski definition) is 5. The van der Waals surface area contributed by atoms with E-state index in [4.69, 9.17) is 23.2 Å². The van der Waals surface area contributed by atoms with E-state index in [-0.39, 0.29) is 36.0 Å². The predicted molar refractivity (Wildman–Crippen MR) is 111 cm³/mol. The van der Waals surface area contributed by atoms with Crippen molar-refractivity contribution in [2.24, 2.45) is 0 Å². The van der Waals surface area contributed by atoms with Crippen LogP contribution in [0.4, 0.5) is 5.82 Å². The molecule has 7 nitrogen and oxygen atoms in total. The van der Waals surface area contributed by atoms with Gasteiger partial charge in [-0.15, -0.1) is 0 Å². The van der Waals surface area contributed by atoms with Gasteiger partial charge in [0.25, 0.3) is 0 Å². The molecule has 152 valence electrons. The zero-order valence-corrected chi connectivity index (χ0v) is 17.9. The van der Waals surface area contributed by atoms with E-state index in [2.05, 4.69) is 15.7 Å². The summed E-state index contributed by atoms with van der Waals surface area (Å²) >= 11 is 12.1. The number of nitrogens with zero attached hydrogens (tertiary/aromatic N) is 2. The quantitative estimate of drug-likeness (QED) is 0.713. The van der Waals surface area contributed by atoms with Crippen LogP contribution in [0.15, 0.2) is 24.3 Å². The monoisotopic (exact) mass is 444 g/mol. The molecule has 2 atom stereocenters. The van der Waals surface area contributed by atoms with Crippen LogP contribution >= 0.6 is 23.2 Å². The highest BCUT2D eigenvalue weighted by molar-refractivity contribution is 7.91. The van der Waals surface area contributed by atoms with Crippen molar-refractivity contribution in [1.29, 1.82) is 0 Å². The van der Waals surface area contributed by atoms with Gasteiger partial charge in [-0.3, -0.25) is 4.79 Å². The molecule has 0 spiro atoms. The van der Waals surface area contributed by atoms with Crippen molar-refractivity contribution in [3.8, 4) is 0 Å². The molecule has 0 bridgehead atoms. The van der Waals surface area contributed by atoms with Crippen LogP contribution in [0.1, 0.15) is 36.7 Å². The van der Waals surface area contributed by atoms with Gasteiger partial charge in [0.1, 0.15) is 5.82 Å². The maximum atomic E-state index is 12.4. The summed E-state index contributed by atoms with van der Waals surface area (Å²) in [4.78, 5) is 12.4. The van der Waals surface area contributed by atoms with Gasteiger partial charge in [0.15, 0.2) is 9.84 Å². The van der Waals surface area contributed by atoms with Crippen LogP contribution in [-0.2, 0) is 14.6 Å². The summed E-state index contributed by atoms with van der Waals surface area (Å²) in [5.74, 6) is 0.439. The lowest BCUT2D eigenvalue weighted by Gasteiger charge is -2.17. The molecular weight excluding hydrogens is 423 g/mol. The molecule has 10 heteroatoms. The molecule has 0 radical (unpaired) electrons. The Morgan fingerprint density at radius 1 is 1.36 bits per heavy atom. The van der Waals surface area contributed by atoms with Gasteiger partial charge in [0.05, 0.1) is 29.8 Å².